The van der Waals surface area contributed by atoms with Gasteiger partial charge in [-0.25, -0.2) is 0 Å². The molecule has 2 aromatic carbocycles. The maximum absolute atomic E-state index is 13.2. The van der Waals surface area contributed by atoms with Crippen molar-refractivity contribution in [3.05, 3.63) is 94.2 Å². The molecule has 1 fully saturated rings. The fourth-order valence-electron chi connectivity index (χ4n) is 4.44. The third-order valence-electron chi connectivity index (χ3n) is 6.28. The summed E-state index contributed by atoms with van der Waals surface area (Å²) in [4.78, 5) is 34.2. The summed E-state index contributed by atoms with van der Waals surface area (Å²) in [5.74, 6) is 0.600. The monoisotopic (exact) mass is 535 g/mol. The molecule has 2 atom stereocenters. The van der Waals surface area contributed by atoms with Crippen molar-refractivity contribution in [1.82, 2.24) is 14.8 Å². The number of benzene rings is 2. The Hall–Kier alpha value is -3.19. The molecule has 4 rings (SSSR count). The third kappa shape index (κ3) is 6.69. The summed E-state index contributed by atoms with van der Waals surface area (Å²) in [6.07, 6.45) is 4.12. The number of pyridine rings is 1. The van der Waals surface area contributed by atoms with Gasteiger partial charge in [0.25, 0.3) is 5.91 Å². The van der Waals surface area contributed by atoms with E-state index in [1.165, 1.54) is 0 Å². The van der Waals surface area contributed by atoms with E-state index in [-0.39, 0.29) is 23.8 Å². The van der Waals surface area contributed by atoms with E-state index in [0.29, 0.717) is 38.0 Å². The van der Waals surface area contributed by atoms with Crippen LogP contribution in [0.2, 0.25) is 0 Å². The normalized spacial score (nSPS) is 17.6. The van der Waals surface area contributed by atoms with E-state index >= 15 is 0 Å². The number of piperidine rings is 1. The van der Waals surface area contributed by atoms with Crippen molar-refractivity contribution in [2.75, 3.05) is 20.1 Å². The van der Waals surface area contributed by atoms with E-state index in [9.17, 15) is 9.59 Å². The van der Waals surface area contributed by atoms with Crippen molar-refractivity contribution < 1.29 is 14.3 Å². The maximum Gasteiger partial charge on any atom is 0.255 e. The van der Waals surface area contributed by atoms with E-state index in [2.05, 4.69) is 20.9 Å². The number of aromatic nitrogens is 1. The summed E-state index contributed by atoms with van der Waals surface area (Å²) in [5.41, 5.74) is 2.60. The Morgan fingerprint density at radius 2 is 1.91 bits per heavy atom. The first-order valence-corrected chi connectivity index (χ1v) is 12.6. The molecule has 7 heteroatoms. The SMILES string of the molecule is Cc1cncc(C(=O)N2CC[C@H](Oc3cccc(Br)c3)[C@@H](CC(=O)N(C)Cc3ccccc3)C2)c1. The maximum atomic E-state index is 13.2. The molecule has 0 saturated carbocycles. The predicted molar refractivity (Wildman–Crippen MR) is 139 cm³/mol. The van der Waals surface area contributed by atoms with Gasteiger partial charge in [-0.3, -0.25) is 14.6 Å². The fraction of sp³-hybridized carbons (Fsp3) is 0.321. The molecule has 0 unspecified atom stereocenters. The van der Waals surface area contributed by atoms with Gasteiger partial charge in [0, 0.05) is 62.3 Å². The second kappa shape index (κ2) is 11.5. The lowest BCUT2D eigenvalue weighted by atomic mass is 9.90. The van der Waals surface area contributed by atoms with Gasteiger partial charge < -0.3 is 14.5 Å². The van der Waals surface area contributed by atoms with Crippen LogP contribution in [0, 0.1) is 12.8 Å². The second-order valence-corrected chi connectivity index (χ2v) is 10.0. The highest BCUT2D eigenvalue weighted by atomic mass is 79.9. The van der Waals surface area contributed by atoms with Crippen molar-refractivity contribution in [2.45, 2.75) is 32.4 Å². The molecular formula is C28H30BrN3O3. The van der Waals surface area contributed by atoms with Crippen molar-refractivity contribution in [1.29, 1.82) is 0 Å². The number of halogens is 1. The Labute approximate surface area is 215 Å². The van der Waals surface area contributed by atoms with Gasteiger partial charge in [-0.2, -0.15) is 0 Å². The Morgan fingerprint density at radius 1 is 1.11 bits per heavy atom. The summed E-state index contributed by atoms with van der Waals surface area (Å²) < 4.78 is 7.28. The van der Waals surface area contributed by atoms with Crippen LogP contribution in [0.3, 0.4) is 0 Å². The van der Waals surface area contributed by atoms with Crippen LogP contribution >= 0.6 is 15.9 Å². The van der Waals surface area contributed by atoms with Crippen molar-refractivity contribution in [3.8, 4) is 5.75 Å². The van der Waals surface area contributed by atoms with E-state index < -0.39 is 0 Å². The van der Waals surface area contributed by atoms with Crippen molar-refractivity contribution in [3.63, 3.8) is 0 Å². The molecule has 2 amide bonds. The largest absolute Gasteiger partial charge is 0.490 e. The predicted octanol–water partition coefficient (Wildman–Crippen LogP) is 5.11. The Balaban J connectivity index is 1.49. The molecule has 182 valence electrons. The number of likely N-dealkylation sites (tertiary alicyclic amines) is 1. The number of carbonyl (C=O) groups is 2. The van der Waals surface area contributed by atoms with Crippen LogP contribution in [0.25, 0.3) is 0 Å². The smallest absolute Gasteiger partial charge is 0.255 e. The molecule has 1 saturated heterocycles. The number of amides is 2. The number of hydrogen-bond acceptors (Lipinski definition) is 4. The van der Waals surface area contributed by atoms with E-state index in [4.69, 9.17) is 4.74 Å². The molecule has 2 heterocycles. The molecule has 0 radical (unpaired) electrons. The number of nitrogens with zero attached hydrogens (tertiary/aromatic N) is 3. The van der Waals surface area contributed by atoms with Gasteiger partial charge in [0.2, 0.25) is 5.91 Å². The number of hydrogen-bond donors (Lipinski definition) is 0. The third-order valence-corrected chi connectivity index (χ3v) is 6.78. The van der Waals surface area contributed by atoms with Crippen LogP contribution in [-0.4, -0.2) is 52.8 Å². The van der Waals surface area contributed by atoms with E-state index in [0.717, 1.165) is 21.3 Å². The van der Waals surface area contributed by atoms with Gasteiger partial charge in [-0.05, 0) is 42.3 Å². The van der Waals surface area contributed by atoms with Gasteiger partial charge in [-0.1, -0.05) is 52.3 Å². The Kier molecular flexibility index (Phi) is 8.18. The Bertz CT molecular complexity index is 1170. The highest BCUT2D eigenvalue weighted by molar-refractivity contribution is 9.10. The highest BCUT2D eigenvalue weighted by Gasteiger charge is 2.35. The van der Waals surface area contributed by atoms with Crippen LogP contribution in [0.15, 0.2) is 77.5 Å². The molecule has 1 aromatic heterocycles. The van der Waals surface area contributed by atoms with Gasteiger partial charge in [0.05, 0.1) is 5.56 Å². The van der Waals surface area contributed by atoms with Crippen LogP contribution in [0.1, 0.15) is 34.3 Å². The van der Waals surface area contributed by atoms with Crippen molar-refractivity contribution >= 4 is 27.7 Å². The van der Waals surface area contributed by atoms with Gasteiger partial charge in [0.1, 0.15) is 11.9 Å². The first-order valence-electron chi connectivity index (χ1n) is 11.8. The van der Waals surface area contributed by atoms with Gasteiger partial charge >= 0.3 is 0 Å². The second-order valence-electron chi connectivity index (χ2n) is 9.10. The minimum atomic E-state index is -0.168. The van der Waals surface area contributed by atoms with Crippen LogP contribution < -0.4 is 4.74 Å². The zero-order valence-corrected chi connectivity index (χ0v) is 21.6. The fourth-order valence-corrected chi connectivity index (χ4v) is 4.82. The standard InChI is InChI=1S/C28H30BrN3O3/c1-20-13-22(17-30-16-20)28(34)32-12-11-26(35-25-10-6-9-24(29)15-25)23(19-32)14-27(33)31(2)18-21-7-4-3-5-8-21/h3-10,13,15-17,23,26H,11-12,14,18-19H2,1-2H3/t23-,26-/m0/s1. The topological polar surface area (TPSA) is 62.7 Å². The molecule has 1 aliphatic heterocycles. The van der Waals surface area contributed by atoms with E-state index in [1.54, 1.807) is 17.3 Å². The average Bonchev–Trinajstić information content (AvgIpc) is 2.85. The van der Waals surface area contributed by atoms with Crippen molar-refractivity contribution in [2.24, 2.45) is 5.92 Å². The summed E-state index contributed by atoms with van der Waals surface area (Å²) in [5, 5.41) is 0. The van der Waals surface area contributed by atoms with Gasteiger partial charge in [0.15, 0.2) is 0 Å². The number of carbonyl (C=O) groups excluding carboxylic acids is 2. The molecule has 0 spiro atoms. The van der Waals surface area contributed by atoms with E-state index in [1.807, 2.05) is 79.5 Å². The zero-order valence-electron chi connectivity index (χ0n) is 20.1. The quantitative estimate of drug-likeness (QED) is 0.421. The molecule has 35 heavy (non-hydrogen) atoms. The molecule has 0 aliphatic carbocycles. The minimum absolute atomic E-state index is 0.0354. The minimum Gasteiger partial charge on any atom is -0.490 e. The van der Waals surface area contributed by atoms with Crippen LogP contribution in [-0.2, 0) is 11.3 Å². The van der Waals surface area contributed by atoms with Gasteiger partial charge in [-0.15, -0.1) is 0 Å². The lowest BCUT2D eigenvalue weighted by molar-refractivity contribution is -0.132. The highest BCUT2D eigenvalue weighted by Crippen LogP contribution is 2.28. The molecule has 3 aromatic rings. The summed E-state index contributed by atoms with van der Waals surface area (Å²) >= 11 is 3.49. The number of rotatable bonds is 7. The first-order chi connectivity index (χ1) is 16.9. The lowest BCUT2D eigenvalue weighted by Gasteiger charge is -2.39. The summed E-state index contributed by atoms with van der Waals surface area (Å²) in [7, 11) is 1.82. The molecule has 0 bridgehead atoms. The molecular weight excluding hydrogens is 506 g/mol. The average molecular weight is 536 g/mol. The Morgan fingerprint density at radius 3 is 2.66 bits per heavy atom. The first kappa shape index (κ1) is 24.9. The summed E-state index contributed by atoms with van der Waals surface area (Å²) in [6.45, 7) is 3.49. The number of ether oxygens (including phenoxy) is 1. The molecule has 1 aliphatic rings. The molecule has 0 N–H and O–H groups in total. The summed E-state index contributed by atoms with van der Waals surface area (Å²) in [6, 6.07) is 19.5. The van der Waals surface area contributed by atoms with Crippen LogP contribution in [0.5, 0.6) is 5.75 Å². The zero-order chi connectivity index (χ0) is 24.8. The lowest BCUT2D eigenvalue weighted by Crippen LogP contribution is -2.49. The molecule has 6 nitrogen and oxygen atoms in total. The van der Waals surface area contributed by atoms with Crippen LogP contribution in [0.4, 0.5) is 0 Å². The number of aryl methyl sites for hydroxylation is 1.